The number of benzene rings is 3. The topological polar surface area (TPSA) is 0 Å². The molecule has 19 heavy (non-hydrogen) atoms. The van der Waals surface area contributed by atoms with E-state index in [1.54, 1.807) is 0 Å². The first kappa shape index (κ1) is 13.6. The molecule has 3 rings (SSSR count). The molecule has 0 aliphatic heterocycles. The van der Waals surface area contributed by atoms with E-state index in [2.05, 4.69) is 84.9 Å². The van der Waals surface area contributed by atoms with Crippen molar-refractivity contribution in [3.63, 3.8) is 0 Å². The van der Waals surface area contributed by atoms with Crippen LogP contribution in [0.15, 0.2) is 84.9 Å². The maximum Gasteiger partial charge on any atom is 0 e. The smallest absolute Gasteiger partial charge is 0 e. The van der Waals surface area contributed by atoms with Crippen LogP contribution in [0.4, 0.5) is 0 Å². The van der Waals surface area contributed by atoms with Crippen molar-refractivity contribution in [2.24, 2.45) is 0 Å². The van der Waals surface area contributed by atoms with Crippen LogP contribution in [-0.2, 0) is 0 Å². The van der Waals surface area contributed by atoms with E-state index in [0.717, 1.165) is 0 Å². The molecule has 0 heterocycles. The minimum Gasteiger partial charge on any atom is -0.0622 e. The van der Waals surface area contributed by atoms with Crippen LogP contribution >= 0.6 is 0 Å². The standard InChI is InChI=1S/C18H14.Ge/c1-3-9-15(10-4-1)17-13-7-8-14-18(17)16-11-5-2-6-12-16;/h1-14H;. The first-order valence-electron chi connectivity index (χ1n) is 6.15. The second-order valence-corrected chi connectivity index (χ2v) is 4.28. The molecule has 0 aliphatic carbocycles. The summed E-state index contributed by atoms with van der Waals surface area (Å²) in [6, 6.07) is 29.6. The van der Waals surface area contributed by atoms with Gasteiger partial charge in [-0.1, -0.05) is 84.9 Å². The second-order valence-electron chi connectivity index (χ2n) is 4.28. The van der Waals surface area contributed by atoms with E-state index in [9.17, 15) is 0 Å². The van der Waals surface area contributed by atoms with Crippen LogP contribution < -0.4 is 0 Å². The van der Waals surface area contributed by atoms with E-state index in [4.69, 9.17) is 0 Å². The first-order chi connectivity index (χ1) is 8.95. The molecule has 0 spiro atoms. The van der Waals surface area contributed by atoms with E-state index in [1.807, 2.05) is 0 Å². The largest absolute Gasteiger partial charge is 0.0622 e. The van der Waals surface area contributed by atoms with Gasteiger partial charge in [-0.15, -0.1) is 0 Å². The van der Waals surface area contributed by atoms with Gasteiger partial charge in [0.2, 0.25) is 0 Å². The Labute approximate surface area is 125 Å². The monoisotopic (exact) mass is 304 g/mol. The van der Waals surface area contributed by atoms with Crippen molar-refractivity contribution in [1.82, 2.24) is 0 Å². The van der Waals surface area contributed by atoms with Crippen LogP contribution in [0.5, 0.6) is 0 Å². The molecule has 1 heteroatoms. The number of hydrogen-bond donors (Lipinski definition) is 0. The third-order valence-corrected chi connectivity index (χ3v) is 3.10. The second kappa shape index (κ2) is 6.39. The zero-order valence-corrected chi connectivity index (χ0v) is 12.7. The van der Waals surface area contributed by atoms with Crippen LogP contribution in [-0.4, -0.2) is 17.6 Å². The summed E-state index contributed by atoms with van der Waals surface area (Å²) < 4.78 is 0. The van der Waals surface area contributed by atoms with Crippen molar-refractivity contribution in [2.75, 3.05) is 0 Å². The molecule has 0 amide bonds. The van der Waals surface area contributed by atoms with E-state index < -0.39 is 0 Å². The fourth-order valence-corrected chi connectivity index (χ4v) is 2.22. The number of hydrogen-bond acceptors (Lipinski definition) is 0. The van der Waals surface area contributed by atoms with E-state index in [1.165, 1.54) is 22.3 Å². The molecule has 0 atom stereocenters. The van der Waals surface area contributed by atoms with Crippen molar-refractivity contribution in [3.05, 3.63) is 84.9 Å². The summed E-state index contributed by atoms with van der Waals surface area (Å²) in [4.78, 5) is 0. The average molecular weight is 303 g/mol. The van der Waals surface area contributed by atoms with Gasteiger partial charge >= 0.3 is 0 Å². The molecular weight excluding hydrogens is 289 g/mol. The Morgan fingerprint density at radius 3 is 1.05 bits per heavy atom. The average Bonchev–Trinajstić information content (AvgIpc) is 2.49. The number of rotatable bonds is 2. The van der Waals surface area contributed by atoms with E-state index in [0.29, 0.717) is 0 Å². The summed E-state index contributed by atoms with van der Waals surface area (Å²) in [5.74, 6) is 0. The Bertz CT molecular complexity index is 572. The Morgan fingerprint density at radius 1 is 0.368 bits per heavy atom. The van der Waals surface area contributed by atoms with Crippen molar-refractivity contribution in [1.29, 1.82) is 0 Å². The Kier molecular flexibility index (Phi) is 4.59. The zero-order chi connectivity index (χ0) is 12.2. The third kappa shape index (κ3) is 2.96. The van der Waals surface area contributed by atoms with Crippen molar-refractivity contribution >= 4 is 17.6 Å². The summed E-state index contributed by atoms with van der Waals surface area (Å²) in [7, 11) is 0. The molecule has 0 bridgehead atoms. The van der Waals surface area contributed by atoms with E-state index >= 15 is 0 Å². The molecule has 0 aliphatic rings. The Hall–Kier alpha value is -1.80. The molecule has 0 nitrogen and oxygen atoms in total. The quantitative estimate of drug-likeness (QED) is 0.605. The molecule has 90 valence electrons. The predicted octanol–water partition coefficient (Wildman–Crippen LogP) is 4.64. The van der Waals surface area contributed by atoms with Gasteiger partial charge in [-0.25, -0.2) is 0 Å². The fraction of sp³-hybridized carbons (Fsp3) is 0. The van der Waals surface area contributed by atoms with Gasteiger partial charge in [0, 0.05) is 17.6 Å². The van der Waals surface area contributed by atoms with Crippen LogP contribution in [0.3, 0.4) is 0 Å². The minimum atomic E-state index is 0. The Morgan fingerprint density at radius 2 is 0.684 bits per heavy atom. The van der Waals surface area contributed by atoms with Gasteiger partial charge in [-0.05, 0) is 22.3 Å². The third-order valence-electron chi connectivity index (χ3n) is 3.10. The molecule has 3 aromatic carbocycles. The van der Waals surface area contributed by atoms with Gasteiger partial charge < -0.3 is 0 Å². The maximum atomic E-state index is 2.18. The van der Waals surface area contributed by atoms with Crippen LogP contribution in [0.25, 0.3) is 22.3 Å². The van der Waals surface area contributed by atoms with Gasteiger partial charge in [-0.2, -0.15) is 0 Å². The minimum absolute atomic E-state index is 0. The zero-order valence-electron chi connectivity index (χ0n) is 10.6. The first-order valence-corrected chi connectivity index (χ1v) is 6.15. The van der Waals surface area contributed by atoms with Crippen LogP contribution in [0.1, 0.15) is 0 Å². The molecule has 0 N–H and O–H groups in total. The molecule has 0 fully saturated rings. The van der Waals surface area contributed by atoms with Gasteiger partial charge in [0.05, 0.1) is 0 Å². The van der Waals surface area contributed by atoms with Crippen molar-refractivity contribution in [2.45, 2.75) is 0 Å². The Balaban J connectivity index is 0.00000133. The molecule has 0 saturated heterocycles. The molecule has 4 radical (unpaired) electrons. The van der Waals surface area contributed by atoms with Crippen LogP contribution in [0, 0.1) is 0 Å². The molecule has 0 saturated carbocycles. The van der Waals surface area contributed by atoms with Gasteiger partial charge in [-0.3, -0.25) is 0 Å². The fourth-order valence-electron chi connectivity index (χ4n) is 2.22. The SMILES string of the molecule is [Ge].c1ccc(-c2ccccc2-c2ccccc2)cc1. The van der Waals surface area contributed by atoms with Crippen molar-refractivity contribution < 1.29 is 0 Å². The maximum absolute atomic E-state index is 2.18. The van der Waals surface area contributed by atoms with Gasteiger partial charge in [0.1, 0.15) is 0 Å². The molecule has 3 aromatic rings. The van der Waals surface area contributed by atoms with Crippen LogP contribution in [0.2, 0.25) is 0 Å². The normalized spacial score (nSPS) is 9.68. The van der Waals surface area contributed by atoms with E-state index in [-0.39, 0.29) is 17.6 Å². The molecule has 0 aromatic heterocycles. The molecule has 0 unspecified atom stereocenters. The summed E-state index contributed by atoms with van der Waals surface area (Å²) in [6.07, 6.45) is 0. The summed E-state index contributed by atoms with van der Waals surface area (Å²) >= 11 is 0. The van der Waals surface area contributed by atoms with Gasteiger partial charge in [0.25, 0.3) is 0 Å². The van der Waals surface area contributed by atoms with Crippen molar-refractivity contribution in [3.8, 4) is 22.3 Å². The summed E-state index contributed by atoms with van der Waals surface area (Å²) in [5.41, 5.74) is 5.09. The predicted molar refractivity (Wildman–Crippen MR) is 83.1 cm³/mol. The summed E-state index contributed by atoms with van der Waals surface area (Å²) in [5, 5.41) is 0. The molecular formula is C18H14Ge. The summed E-state index contributed by atoms with van der Waals surface area (Å²) in [6.45, 7) is 0. The van der Waals surface area contributed by atoms with Gasteiger partial charge in [0.15, 0.2) is 0 Å².